The molecule has 1 heterocycles. The zero-order chi connectivity index (χ0) is 14.9. The second-order valence-corrected chi connectivity index (χ2v) is 8.24. The number of hydroxylamine groups is 2. The van der Waals surface area contributed by atoms with Crippen LogP contribution in [0.2, 0.25) is 0 Å². The van der Waals surface area contributed by atoms with E-state index >= 15 is 0 Å². The Morgan fingerprint density at radius 2 is 1.79 bits per heavy atom. The van der Waals surface area contributed by atoms with Gasteiger partial charge < -0.3 is 24.4 Å². The standard InChI is InChI=1S/C12H26NO5P/c1-6-17-19(16,18-7-2)12(5)8-10(9-14)11(3,4)13(12)15/h10,13-14H,6-9H2,1-5H3. The number of hydrogen-bond donors (Lipinski definition) is 2. The normalized spacial score (nSPS) is 34.7. The van der Waals surface area contributed by atoms with Gasteiger partial charge in [0.25, 0.3) is 0 Å². The van der Waals surface area contributed by atoms with E-state index in [0.717, 1.165) is 0 Å². The minimum Gasteiger partial charge on any atom is -0.633 e. The van der Waals surface area contributed by atoms with Crippen LogP contribution in [0.1, 0.15) is 41.0 Å². The van der Waals surface area contributed by atoms with Crippen molar-refractivity contribution in [3.63, 3.8) is 0 Å². The van der Waals surface area contributed by atoms with E-state index in [1.807, 2.05) is 0 Å². The smallest absolute Gasteiger partial charge is 0.390 e. The van der Waals surface area contributed by atoms with Crippen LogP contribution in [0.4, 0.5) is 0 Å². The number of aliphatic hydroxyl groups is 1. The highest BCUT2D eigenvalue weighted by atomic mass is 31.2. The van der Waals surface area contributed by atoms with Crippen molar-refractivity contribution in [3.8, 4) is 0 Å². The highest BCUT2D eigenvalue weighted by Crippen LogP contribution is 2.61. The van der Waals surface area contributed by atoms with Crippen LogP contribution < -0.4 is 5.06 Å². The van der Waals surface area contributed by atoms with Crippen LogP contribution in [0.3, 0.4) is 0 Å². The second-order valence-electron chi connectivity index (χ2n) is 5.74. The lowest BCUT2D eigenvalue weighted by atomic mass is 9.89. The molecular formula is C12H26NO5P. The molecule has 0 spiro atoms. The fourth-order valence-electron chi connectivity index (χ4n) is 2.90. The molecule has 3 unspecified atom stereocenters. The van der Waals surface area contributed by atoms with Crippen molar-refractivity contribution >= 4 is 7.60 Å². The molecular weight excluding hydrogens is 269 g/mol. The van der Waals surface area contributed by atoms with Crippen molar-refractivity contribution in [2.45, 2.75) is 51.9 Å². The first kappa shape index (κ1) is 17.1. The molecule has 1 fully saturated rings. The first-order chi connectivity index (χ1) is 8.69. The van der Waals surface area contributed by atoms with E-state index in [1.54, 1.807) is 34.6 Å². The highest BCUT2D eigenvalue weighted by Gasteiger charge is 2.64. The van der Waals surface area contributed by atoms with Gasteiger partial charge in [0.2, 0.25) is 0 Å². The summed E-state index contributed by atoms with van der Waals surface area (Å²) >= 11 is 0. The molecule has 114 valence electrons. The number of nitrogens with one attached hydrogen (secondary N) is 1. The van der Waals surface area contributed by atoms with Crippen molar-refractivity contribution in [1.29, 1.82) is 0 Å². The van der Waals surface area contributed by atoms with Gasteiger partial charge in [0, 0.05) is 19.3 Å². The molecule has 0 saturated carbocycles. The van der Waals surface area contributed by atoms with Gasteiger partial charge in [-0.2, -0.15) is 0 Å². The molecule has 0 radical (unpaired) electrons. The summed E-state index contributed by atoms with van der Waals surface area (Å²) in [4.78, 5) is 0. The van der Waals surface area contributed by atoms with E-state index in [2.05, 4.69) is 0 Å². The number of rotatable bonds is 6. The van der Waals surface area contributed by atoms with Gasteiger partial charge in [0.1, 0.15) is 0 Å². The Morgan fingerprint density at radius 3 is 2.11 bits per heavy atom. The van der Waals surface area contributed by atoms with Gasteiger partial charge in [0.15, 0.2) is 5.28 Å². The second kappa shape index (κ2) is 5.80. The van der Waals surface area contributed by atoms with Gasteiger partial charge in [-0.1, -0.05) is 0 Å². The van der Waals surface area contributed by atoms with Crippen molar-refractivity contribution < 1.29 is 23.8 Å². The Bertz CT molecular complexity index is 352. The predicted molar refractivity (Wildman–Crippen MR) is 72.9 cm³/mol. The van der Waals surface area contributed by atoms with Crippen molar-refractivity contribution in [1.82, 2.24) is 0 Å². The lowest BCUT2D eigenvalue weighted by Gasteiger charge is -2.44. The monoisotopic (exact) mass is 295 g/mol. The Hall–Kier alpha value is 0.0300. The maximum atomic E-state index is 12.9. The van der Waals surface area contributed by atoms with Gasteiger partial charge in [-0.15, -0.1) is 0 Å². The fourth-order valence-corrected chi connectivity index (χ4v) is 5.20. The highest BCUT2D eigenvalue weighted by molar-refractivity contribution is 7.55. The van der Waals surface area contributed by atoms with Gasteiger partial charge in [0.05, 0.1) is 25.4 Å². The average molecular weight is 295 g/mol. The molecule has 0 amide bonds. The molecule has 0 aromatic heterocycles. The number of quaternary nitrogens is 1. The summed E-state index contributed by atoms with van der Waals surface area (Å²) in [5, 5.41) is 20.8. The number of hydrogen-bond acceptors (Lipinski definition) is 5. The Balaban J connectivity index is 3.18. The average Bonchev–Trinajstić information content (AvgIpc) is 2.51. The molecule has 6 nitrogen and oxygen atoms in total. The Labute approximate surface area is 115 Å². The minimum absolute atomic E-state index is 0.105. The molecule has 2 N–H and O–H groups in total. The minimum atomic E-state index is -3.53. The van der Waals surface area contributed by atoms with Crippen LogP contribution in [0.15, 0.2) is 0 Å². The summed E-state index contributed by atoms with van der Waals surface area (Å²) in [5.74, 6) is -0.223. The van der Waals surface area contributed by atoms with Crippen LogP contribution >= 0.6 is 7.60 Å². The Kier molecular flexibility index (Phi) is 5.21. The molecule has 19 heavy (non-hydrogen) atoms. The van der Waals surface area contributed by atoms with Gasteiger partial charge >= 0.3 is 7.60 Å². The maximum absolute atomic E-state index is 12.9. The molecule has 0 aromatic carbocycles. The molecule has 1 saturated heterocycles. The molecule has 0 aromatic rings. The van der Waals surface area contributed by atoms with Crippen molar-refractivity contribution in [2.75, 3.05) is 19.8 Å². The SMILES string of the molecule is CCOP(=O)(OCC)C1(C)CC(CO)C(C)(C)[NH+]1[O-]. The van der Waals surface area contributed by atoms with Crippen LogP contribution in [-0.4, -0.2) is 35.7 Å². The molecule has 1 aliphatic rings. The van der Waals surface area contributed by atoms with E-state index in [1.165, 1.54) is 0 Å². The third-order valence-electron chi connectivity index (χ3n) is 4.16. The lowest BCUT2D eigenvalue weighted by Crippen LogP contribution is -3.19. The molecule has 0 bridgehead atoms. The quantitative estimate of drug-likeness (QED) is 0.567. The first-order valence-corrected chi connectivity index (χ1v) is 8.28. The van der Waals surface area contributed by atoms with Crippen LogP contribution in [0.5, 0.6) is 0 Å². The Morgan fingerprint density at radius 1 is 1.32 bits per heavy atom. The fraction of sp³-hybridized carbons (Fsp3) is 1.00. The molecule has 7 heteroatoms. The summed E-state index contributed by atoms with van der Waals surface area (Å²) in [6.07, 6.45) is 0.326. The van der Waals surface area contributed by atoms with Gasteiger partial charge in [-0.3, -0.25) is 4.57 Å². The van der Waals surface area contributed by atoms with E-state index < -0.39 is 18.4 Å². The van der Waals surface area contributed by atoms with E-state index in [9.17, 15) is 14.9 Å². The zero-order valence-corrected chi connectivity index (χ0v) is 13.3. The third kappa shape index (κ3) is 2.62. The van der Waals surface area contributed by atoms with Crippen molar-refractivity contribution in [2.24, 2.45) is 5.92 Å². The van der Waals surface area contributed by atoms with Gasteiger partial charge in [-0.05, 0) is 27.7 Å². The largest absolute Gasteiger partial charge is 0.633 e. The third-order valence-corrected chi connectivity index (χ3v) is 6.95. The number of aliphatic hydroxyl groups excluding tert-OH is 1. The molecule has 0 aliphatic carbocycles. The van der Waals surface area contributed by atoms with Crippen LogP contribution in [-0.2, 0) is 13.6 Å². The van der Waals surface area contributed by atoms with Crippen LogP contribution in [0.25, 0.3) is 0 Å². The van der Waals surface area contributed by atoms with Gasteiger partial charge in [-0.25, -0.2) is 0 Å². The molecule has 3 atom stereocenters. The van der Waals surface area contributed by atoms with Crippen LogP contribution in [0, 0.1) is 11.1 Å². The summed E-state index contributed by atoms with van der Waals surface area (Å²) < 4.78 is 23.6. The molecule has 1 aliphatic heterocycles. The summed E-state index contributed by atoms with van der Waals surface area (Å²) in [5.41, 5.74) is -0.715. The van der Waals surface area contributed by atoms with E-state index in [0.29, 0.717) is 6.42 Å². The van der Waals surface area contributed by atoms with E-state index in [4.69, 9.17) is 9.05 Å². The molecule has 1 rings (SSSR count). The summed E-state index contributed by atoms with van der Waals surface area (Å²) in [6, 6.07) is 0. The lowest BCUT2D eigenvalue weighted by molar-refractivity contribution is -0.922. The van der Waals surface area contributed by atoms with Crippen molar-refractivity contribution in [3.05, 3.63) is 5.21 Å². The first-order valence-electron chi connectivity index (χ1n) is 6.74. The van der Waals surface area contributed by atoms with E-state index in [-0.39, 0.29) is 30.8 Å². The zero-order valence-electron chi connectivity index (χ0n) is 12.4. The summed E-state index contributed by atoms with van der Waals surface area (Å²) in [6.45, 7) is 9.00. The summed E-state index contributed by atoms with van der Waals surface area (Å²) in [7, 11) is -3.53. The topological polar surface area (TPSA) is 83.3 Å². The maximum Gasteiger partial charge on any atom is 0.390 e. The predicted octanol–water partition coefficient (Wildman–Crippen LogP) is 1.14.